The van der Waals surface area contributed by atoms with Crippen molar-refractivity contribution in [3.05, 3.63) is 47.7 Å². The molecular formula is C14H18N4O. The third-order valence-electron chi connectivity index (χ3n) is 2.63. The number of rotatable bonds is 6. The van der Waals surface area contributed by atoms with E-state index in [1.165, 1.54) is 0 Å². The van der Waals surface area contributed by atoms with Crippen molar-refractivity contribution in [1.29, 1.82) is 0 Å². The second-order valence-electron chi connectivity index (χ2n) is 4.03. The Hall–Kier alpha value is -2.14. The molecule has 2 rings (SSSR count). The molecule has 19 heavy (non-hydrogen) atoms. The maximum atomic E-state index is 5.56. The average molecular weight is 258 g/mol. The van der Waals surface area contributed by atoms with Crippen molar-refractivity contribution in [2.75, 3.05) is 11.9 Å². The number of benzene rings is 1. The van der Waals surface area contributed by atoms with Gasteiger partial charge in [0.25, 0.3) is 0 Å². The molecule has 0 fully saturated rings. The molecule has 0 unspecified atom stereocenters. The Morgan fingerprint density at radius 3 is 2.58 bits per heavy atom. The second kappa shape index (κ2) is 6.70. The molecule has 0 aliphatic carbocycles. The molecule has 1 aromatic carbocycles. The normalized spacial score (nSPS) is 10.2. The van der Waals surface area contributed by atoms with Crippen molar-refractivity contribution in [2.24, 2.45) is 5.73 Å². The molecule has 0 radical (unpaired) electrons. The van der Waals surface area contributed by atoms with Gasteiger partial charge in [0.05, 0.1) is 6.61 Å². The minimum absolute atomic E-state index is 0.563. The van der Waals surface area contributed by atoms with E-state index in [0.717, 1.165) is 11.1 Å². The number of nitrogens with two attached hydrogens (primary N) is 1. The second-order valence-corrected chi connectivity index (χ2v) is 4.03. The zero-order valence-corrected chi connectivity index (χ0v) is 11.0. The standard InChI is InChI=1S/C14H18N4O/c1-2-19-13-7-8-16-14(18-13)17-10-12-5-3-11(9-15)4-6-12/h3-8H,2,9-10,15H2,1H3,(H,16,17,18). The van der Waals surface area contributed by atoms with Crippen LogP contribution in [-0.2, 0) is 13.1 Å². The van der Waals surface area contributed by atoms with Crippen LogP contribution in [0.3, 0.4) is 0 Å². The minimum Gasteiger partial charge on any atom is -0.478 e. The number of nitrogens with zero attached hydrogens (tertiary/aromatic N) is 2. The van der Waals surface area contributed by atoms with Crippen LogP contribution >= 0.6 is 0 Å². The zero-order chi connectivity index (χ0) is 13.5. The van der Waals surface area contributed by atoms with Crippen LogP contribution < -0.4 is 15.8 Å². The first kappa shape index (κ1) is 13.3. The number of nitrogens with one attached hydrogen (secondary N) is 1. The molecule has 0 saturated heterocycles. The molecule has 0 amide bonds. The van der Waals surface area contributed by atoms with Crippen LogP contribution in [0.2, 0.25) is 0 Å². The molecule has 0 atom stereocenters. The Kier molecular flexibility index (Phi) is 4.69. The number of hydrogen-bond donors (Lipinski definition) is 2. The van der Waals surface area contributed by atoms with E-state index in [1.54, 1.807) is 12.3 Å². The van der Waals surface area contributed by atoms with Gasteiger partial charge in [-0.15, -0.1) is 0 Å². The van der Waals surface area contributed by atoms with Crippen LogP contribution in [0.5, 0.6) is 5.88 Å². The van der Waals surface area contributed by atoms with Crippen LogP contribution in [0.4, 0.5) is 5.95 Å². The lowest BCUT2D eigenvalue weighted by atomic mass is 10.1. The quantitative estimate of drug-likeness (QED) is 0.828. The summed E-state index contributed by atoms with van der Waals surface area (Å²) in [5, 5.41) is 3.16. The molecule has 100 valence electrons. The lowest BCUT2D eigenvalue weighted by molar-refractivity contribution is 0.326. The maximum absolute atomic E-state index is 5.56. The van der Waals surface area contributed by atoms with Gasteiger partial charge < -0.3 is 15.8 Å². The fourth-order valence-electron chi connectivity index (χ4n) is 1.63. The third-order valence-corrected chi connectivity index (χ3v) is 2.63. The summed E-state index contributed by atoms with van der Waals surface area (Å²) >= 11 is 0. The van der Waals surface area contributed by atoms with E-state index >= 15 is 0 Å². The highest BCUT2D eigenvalue weighted by molar-refractivity contribution is 5.31. The van der Waals surface area contributed by atoms with Crippen molar-refractivity contribution in [1.82, 2.24) is 9.97 Å². The Balaban J connectivity index is 1.95. The van der Waals surface area contributed by atoms with Crippen molar-refractivity contribution in [3.8, 4) is 5.88 Å². The SMILES string of the molecule is CCOc1ccnc(NCc2ccc(CN)cc2)n1. The summed E-state index contributed by atoms with van der Waals surface area (Å²) in [5.74, 6) is 1.15. The highest BCUT2D eigenvalue weighted by Crippen LogP contribution is 2.10. The highest BCUT2D eigenvalue weighted by atomic mass is 16.5. The Labute approximate surface area is 112 Å². The number of anilines is 1. The van der Waals surface area contributed by atoms with Crippen LogP contribution in [-0.4, -0.2) is 16.6 Å². The van der Waals surface area contributed by atoms with Crippen LogP contribution in [0.15, 0.2) is 36.5 Å². The molecule has 0 saturated carbocycles. The first-order chi connectivity index (χ1) is 9.31. The minimum atomic E-state index is 0.563. The van der Waals surface area contributed by atoms with E-state index in [9.17, 15) is 0 Å². The summed E-state index contributed by atoms with van der Waals surface area (Å²) in [6, 6.07) is 9.87. The predicted octanol–water partition coefficient (Wildman–Crippen LogP) is 1.95. The summed E-state index contributed by atoms with van der Waals surface area (Å²) < 4.78 is 5.32. The largest absolute Gasteiger partial charge is 0.478 e. The van der Waals surface area contributed by atoms with Gasteiger partial charge in [-0.3, -0.25) is 0 Å². The van der Waals surface area contributed by atoms with Gasteiger partial charge in [0.2, 0.25) is 11.8 Å². The van der Waals surface area contributed by atoms with Gasteiger partial charge >= 0.3 is 0 Å². The zero-order valence-electron chi connectivity index (χ0n) is 11.0. The van der Waals surface area contributed by atoms with Crippen LogP contribution in [0.25, 0.3) is 0 Å². The van der Waals surface area contributed by atoms with Gasteiger partial charge in [-0.05, 0) is 18.1 Å². The maximum Gasteiger partial charge on any atom is 0.226 e. The topological polar surface area (TPSA) is 73.1 Å². The molecular weight excluding hydrogens is 240 g/mol. The first-order valence-corrected chi connectivity index (χ1v) is 6.29. The van der Waals surface area contributed by atoms with Gasteiger partial charge in [0, 0.05) is 25.4 Å². The number of ether oxygens (including phenoxy) is 1. The lowest BCUT2D eigenvalue weighted by Gasteiger charge is -2.07. The molecule has 0 spiro atoms. The molecule has 2 aromatic rings. The summed E-state index contributed by atoms with van der Waals surface area (Å²) in [6.07, 6.45) is 1.68. The average Bonchev–Trinajstić information content (AvgIpc) is 2.46. The van der Waals surface area contributed by atoms with E-state index in [-0.39, 0.29) is 0 Å². The van der Waals surface area contributed by atoms with Gasteiger partial charge in [0.1, 0.15) is 0 Å². The Morgan fingerprint density at radius 1 is 1.16 bits per heavy atom. The van der Waals surface area contributed by atoms with Crippen molar-refractivity contribution in [2.45, 2.75) is 20.0 Å². The van der Waals surface area contributed by atoms with E-state index in [1.807, 2.05) is 31.2 Å². The van der Waals surface area contributed by atoms with Gasteiger partial charge in [-0.1, -0.05) is 24.3 Å². The summed E-state index contributed by atoms with van der Waals surface area (Å²) in [5.41, 5.74) is 7.84. The van der Waals surface area contributed by atoms with Crippen molar-refractivity contribution < 1.29 is 4.74 Å². The van der Waals surface area contributed by atoms with E-state index in [2.05, 4.69) is 15.3 Å². The van der Waals surface area contributed by atoms with E-state index in [4.69, 9.17) is 10.5 Å². The monoisotopic (exact) mass is 258 g/mol. The van der Waals surface area contributed by atoms with Gasteiger partial charge in [-0.2, -0.15) is 4.98 Å². The molecule has 1 heterocycles. The first-order valence-electron chi connectivity index (χ1n) is 6.29. The summed E-state index contributed by atoms with van der Waals surface area (Å²) in [7, 11) is 0. The molecule has 3 N–H and O–H groups in total. The molecule has 0 bridgehead atoms. The summed E-state index contributed by atoms with van der Waals surface area (Å²) in [6.45, 7) is 3.75. The van der Waals surface area contributed by atoms with Crippen LogP contribution in [0, 0.1) is 0 Å². The fourth-order valence-corrected chi connectivity index (χ4v) is 1.63. The molecule has 0 aliphatic rings. The van der Waals surface area contributed by atoms with Gasteiger partial charge in [-0.25, -0.2) is 4.98 Å². The van der Waals surface area contributed by atoms with Crippen molar-refractivity contribution >= 4 is 5.95 Å². The number of aromatic nitrogens is 2. The van der Waals surface area contributed by atoms with Crippen LogP contribution in [0.1, 0.15) is 18.1 Å². The highest BCUT2D eigenvalue weighted by Gasteiger charge is 2.00. The summed E-state index contributed by atoms with van der Waals surface area (Å²) in [4.78, 5) is 8.40. The molecule has 5 heteroatoms. The number of hydrogen-bond acceptors (Lipinski definition) is 5. The fraction of sp³-hybridized carbons (Fsp3) is 0.286. The predicted molar refractivity (Wildman–Crippen MR) is 74.9 cm³/mol. The van der Waals surface area contributed by atoms with E-state index in [0.29, 0.717) is 31.5 Å². The smallest absolute Gasteiger partial charge is 0.226 e. The third kappa shape index (κ3) is 3.93. The Bertz CT molecular complexity index is 513. The Morgan fingerprint density at radius 2 is 1.89 bits per heavy atom. The molecule has 1 aromatic heterocycles. The van der Waals surface area contributed by atoms with E-state index < -0.39 is 0 Å². The molecule has 0 aliphatic heterocycles. The van der Waals surface area contributed by atoms with Crippen molar-refractivity contribution in [3.63, 3.8) is 0 Å². The molecule has 5 nitrogen and oxygen atoms in total. The lowest BCUT2D eigenvalue weighted by Crippen LogP contribution is -2.05. The van der Waals surface area contributed by atoms with Gasteiger partial charge in [0.15, 0.2) is 0 Å².